The summed E-state index contributed by atoms with van der Waals surface area (Å²) in [6.07, 6.45) is 3.29. The molecule has 1 aromatic heterocycles. The van der Waals surface area contributed by atoms with E-state index in [4.69, 9.17) is 0 Å². The molecule has 2 unspecified atom stereocenters. The van der Waals surface area contributed by atoms with E-state index in [1.54, 1.807) is 0 Å². The minimum atomic E-state index is -0.555. The topological polar surface area (TPSA) is 108 Å². The number of rotatable bonds is 4. The molecule has 0 bridgehead atoms. The largest absolute Gasteiger partial charge is 0.393 e. The number of hydrogen-bond acceptors (Lipinski definition) is 4. The highest BCUT2D eigenvalue weighted by molar-refractivity contribution is 5.93. The lowest BCUT2D eigenvalue weighted by molar-refractivity contribution is -0.384. The van der Waals surface area contributed by atoms with Crippen LogP contribution in [0, 0.1) is 16.0 Å². The molecule has 18 heavy (non-hydrogen) atoms. The number of carbonyl (C=O) groups is 1. The van der Waals surface area contributed by atoms with Gasteiger partial charge in [0.15, 0.2) is 0 Å². The molecular formula is C11H15N3O4. The molecule has 0 aromatic carbocycles. The van der Waals surface area contributed by atoms with E-state index in [1.165, 1.54) is 12.3 Å². The first-order chi connectivity index (χ1) is 8.56. The summed E-state index contributed by atoms with van der Waals surface area (Å²) >= 11 is 0. The van der Waals surface area contributed by atoms with Gasteiger partial charge < -0.3 is 15.4 Å². The Morgan fingerprint density at radius 1 is 1.61 bits per heavy atom. The number of H-pyrrole nitrogens is 1. The van der Waals surface area contributed by atoms with Crippen LogP contribution in [0.15, 0.2) is 12.3 Å². The van der Waals surface area contributed by atoms with Crippen molar-refractivity contribution in [2.75, 3.05) is 6.54 Å². The van der Waals surface area contributed by atoms with Crippen molar-refractivity contribution in [3.8, 4) is 0 Å². The Morgan fingerprint density at radius 2 is 2.39 bits per heavy atom. The van der Waals surface area contributed by atoms with Crippen LogP contribution < -0.4 is 5.32 Å². The van der Waals surface area contributed by atoms with Crippen LogP contribution in [0.2, 0.25) is 0 Å². The zero-order valence-corrected chi connectivity index (χ0v) is 9.76. The first-order valence-corrected chi connectivity index (χ1v) is 5.85. The molecule has 0 aliphatic heterocycles. The Bertz CT molecular complexity index is 457. The van der Waals surface area contributed by atoms with E-state index in [9.17, 15) is 20.0 Å². The van der Waals surface area contributed by atoms with Gasteiger partial charge >= 0.3 is 0 Å². The van der Waals surface area contributed by atoms with Gasteiger partial charge in [0.25, 0.3) is 11.6 Å². The van der Waals surface area contributed by atoms with E-state index in [1.807, 2.05) is 0 Å². The van der Waals surface area contributed by atoms with Crippen molar-refractivity contribution < 1.29 is 14.8 Å². The normalized spacial score (nSPS) is 22.9. The number of aliphatic hydroxyl groups excluding tert-OH is 1. The van der Waals surface area contributed by atoms with Crippen LogP contribution in [-0.2, 0) is 0 Å². The lowest BCUT2D eigenvalue weighted by Gasteiger charge is -2.09. The van der Waals surface area contributed by atoms with Crippen molar-refractivity contribution in [3.05, 3.63) is 28.1 Å². The third-order valence-electron chi connectivity index (χ3n) is 3.19. The molecule has 1 fully saturated rings. The van der Waals surface area contributed by atoms with Gasteiger partial charge in [0.1, 0.15) is 5.69 Å². The summed E-state index contributed by atoms with van der Waals surface area (Å²) in [6.45, 7) is 0.489. The van der Waals surface area contributed by atoms with Crippen LogP contribution in [0.5, 0.6) is 0 Å². The van der Waals surface area contributed by atoms with Gasteiger partial charge in [-0.2, -0.15) is 0 Å². The Morgan fingerprint density at radius 3 is 2.94 bits per heavy atom. The van der Waals surface area contributed by atoms with Crippen LogP contribution >= 0.6 is 0 Å². The second-order valence-corrected chi connectivity index (χ2v) is 4.57. The lowest BCUT2D eigenvalue weighted by atomic mass is 10.1. The van der Waals surface area contributed by atoms with Gasteiger partial charge in [0.05, 0.1) is 17.2 Å². The highest BCUT2D eigenvalue weighted by atomic mass is 16.6. The molecule has 1 aliphatic rings. The minimum Gasteiger partial charge on any atom is -0.393 e. The number of hydrogen-bond donors (Lipinski definition) is 3. The summed E-state index contributed by atoms with van der Waals surface area (Å²) in [5.41, 5.74) is 0.0525. The zero-order chi connectivity index (χ0) is 13.1. The van der Waals surface area contributed by atoms with E-state index < -0.39 is 4.92 Å². The molecule has 0 spiro atoms. The van der Waals surface area contributed by atoms with Crippen LogP contribution in [0.3, 0.4) is 0 Å². The van der Waals surface area contributed by atoms with Gasteiger partial charge in [-0.25, -0.2) is 0 Å². The van der Waals surface area contributed by atoms with Crippen LogP contribution in [-0.4, -0.2) is 33.6 Å². The third kappa shape index (κ3) is 2.86. The highest BCUT2D eigenvalue weighted by Crippen LogP contribution is 2.24. The fourth-order valence-corrected chi connectivity index (χ4v) is 2.19. The van der Waals surface area contributed by atoms with E-state index in [0.29, 0.717) is 13.0 Å². The lowest BCUT2D eigenvalue weighted by Crippen LogP contribution is -2.28. The fraction of sp³-hybridized carbons (Fsp3) is 0.545. The number of nitrogens with one attached hydrogen (secondary N) is 2. The Balaban J connectivity index is 1.85. The molecule has 1 heterocycles. The average molecular weight is 253 g/mol. The molecule has 2 atom stereocenters. The second kappa shape index (κ2) is 5.18. The highest BCUT2D eigenvalue weighted by Gasteiger charge is 2.23. The Labute approximate surface area is 103 Å². The number of aromatic amines is 1. The zero-order valence-electron chi connectivity index (χ0n) is 9.76. The summed E-state index contributed by atoms with van der Waals surface area (Å²) in [6, 6.07) is 1.21. The summed E-state index contributed by atoms with van der Waals surface area (Å²) in [4.78, 5) is 24.2. The predicted octanol–water partition coefficient (Wildman–Crippen LogP) is 0.814. The van der Waals surface area contributed by atoms with Crippen molar-refractivity contribution in [2.24, 2.45) is 5.92 Å². The SMILES string of the molecule is O=C(NCC1CCC(O)C1)c1cc([N+](=O)[O-])c[nH]1. The van der Waals surface area contributed by atoms with Gasteiger partial charge in [0, 0.05) is 12.6 Å². The first kappa shape index (κ1) is 12.6. The van der Waals surface area contributed by atoms with Gasteiger partial charge in [-0.3, -0.25) is 14.9 Å². The van der Waals surface area contributed by atoms with E-state index in [0.717, 1.165) is 12.8 Å². The van der Waals surface area contributed by atoms with Crippen LogP contribution in [0.25, 0.3) is 0 Å². The number of aliphatic hydroxyl groups is 1. The first-order valence-electron chi connectivity index (χ1n) is 5.85. The van der Waals surface area contributed by atoms with Crippen molar-refractivity contribution in [3.63, 3.8) is 0 Å². The monoisotopic (exact) mass is 253 g/mol. The molecule has 1 saturated carbocycles. The Kier molecular flexibility index (Phi) is 3.61. The van der Waals surface area contributed by atoms with Gasteiger partial charge in [0.2, 0.25) is 0 Å². The standard InChI is InChI=1S/C11H15N3O4/c15-9-2-1-7(3-9)5-13-11(16)10-4-8(6-12-10)14(17)18/h4,6-7,9,12,15H,1-3,5H2,(H,13,16). The summed E-state index contributed by atoms with van der Waals surface area (Å²) in [5, 5.41) is 22.5. The fourth-order valence-electron chi connectivity index (χ4n) is 2.19. The summed E-state index contributed by atoms with van der Waals surface area (Å²) < 4.78 is 0. The maximum Gasteiger partial charge on any atom is 0.287 e. The summed E-state index contributed by atoms with van der Waals surface area (Å²) in [5.74, 6) is -0.0709. The minimum absolute atomic E-state index is 0.128. The van der Waals surface area contributed by atoms with Gasteiger partial charge in [-0.15, -0.1) is 0 Å². The van der Waals surface area contributed by atoms with Gasteiger partial charge in [-0.05, 0) is 25.2 Å². The molecule has 0 radical (unpaired) electrons. The molecule has 3 N–H and O–H groups in total. The molecule has 1 amide bonds. The molecule has 2 rings (SSSR count). The van der Waals surface area contributed by atoms with Crippen molar-refractivity contribution in [1.29, 1.82) is 0 Å². The Hall–Kier alpha value is -1.89. The molecule has 0 saturated heterocycles. The van der Waals surface area contributed by atoms with Gasteiger partial charge in [-0.1, -0.05) is 0 Å². The van der Waals surface area contributed by atoms with Crippen molar-refractivity contribution in [2.45, 2.75) is 25.4 Å². The van der Waals surface area contributed by atoms with Crippen LogP contribution in [0.1, 0.15) is 29.8 Å². The third-order valence-corrected chi connectivity index (χ3v) is 3.19. The quantitative estimate of drug-likeness (QED) is 0.545. The molecular weight excluding hydrogens is 238 g/mol. The molecule has 7 heteroatoms. The van der Waals surface area contributed by atoms with E-state index in [-0.39, 0.29) is 29.3 Å². The smallest absolute Gasteiger partial charge is 0.287 e. The number of aromatic nitrogens is 1. The maximum atomic E-state index is 11.7. The molecule has 98 valence electrons. The van der Waals surface area contributed by atoms with E-state index in [2.05, 4.69) is 10.3 Å². The van der Waals surface area contributed by atoms with Crippen LogP contribution in [0.4, 0.5) is 5.69 Å². The number of nitro groups is 1. The van der Waals surface area contributed by atoms with Crippen molar-refractivity contribution >= 4 is 11.6 Å². The summed E-state index contributed by atoms with van der Waals surface area (Å²) in [7, 11) is 0. The van der Waals surface area contributed by atoms with Crippen molar-refractivity contribution in [1.82, 2.24) is 10.3 Å². The number of amides is 1. The molecule has 1 aliphatic carbocycles. The molecule has 1 aromatic rings. The number of nitrogens with zero attached hydrogens (tertiary/aromatic N) is 1. The maximum absolute atomic E-state index is 11.7. The van der Waals surface area contributed by atoms with E-state index >= 15 is 0 Å². The predicted molar refractivity (Wildman–Crippen MR) is 63.1 cm³/mol. The number of carbonyl (C=O) groups excluding carboxylic acids is 1. The second-order valence-electron chi connectivity index (χ2n) is 4.57. The average Bonchev–Trinajstić information content (AvgIpc) is 2.94. The molecule has 7 nitrogen and oxygen atoms in total.